The maximum absolute atomic E-state index is 11.1. The maximum atomic E-state index is 11.1. The van der Waals surface area contributed by atoms with Gasteiger partial charge >= 0.3 is 11.9 Å². The van der Waals surface area contributed by atoms with Gasteiger partial charge < -0.3 is 14.2 Å². The van der Waals surface area contributed by atoms with Gasteiger partial charge in [0, 0.05) is 19.3 Å². The highest BCUT2D eigenvalue weighted by molar-refractivity contribution is 5.66. The summed E-state index contributed by atoms with van der Waals surface area (Å²) in [7, 11) is 0. The Morgan fingerprint density at radius 3 is 1.44 bits per heavy atom. The van der Waals surface area contributed by atoms with E-state index in [0.29, 0.717) is 0 Å². The fourth-order valence-electron chi connectivity index (χ4n) is 1.76. The van der Waals surface area contributed by atoms with E-state index in [1.807, 2.05) is 12.2 Å². The Kier molecular flexibility index (Phi) is 11.7. The van der Waals surface area contributed by atoms with Crippen LogP contribution in [0.4, 0.5) is 0 Å². The molecular formula is C18H26O9. The lowest BCUT2D eigenvalue weighted by atomic mass is 9.92. The van der Waals surface area contributed by atoms with E-state index in [1.54, 1.807) is 13.8 Å². The summed E-state index contributed by atoms with van der Waals surface area (Å²) in [6, 6.07) is 0. The number of hydrogen-bond acceptors (Lipinski definition) is 9. The van der Waals surface area contributed by atoms with E-state index >= 15 is 0 Å². The van der Waals surface area contributed by atoms with E-state index in [-0.39, 0.29) is 39.6 Å². The fraction of sp³-hybridized carbons (Fsp3) is 0.667. The van der Waals surface area contributed by atoms with E-state index in [0.717, 1.165) is 0 Å². The Balaban J connectivity index is 4.79. The van der Waals surface area contributed by atoms with Gasteiger partial charge in [-0.05, 0) is 0 Å². The van der Waals surface area contributed by atoms with Crippen molar-refractivity contribution in [3.05, 3.63) is 0 Å². The number of rotatable bonds is 14. The lowest BCUT2D eigenvalue weighted by Gasteiger charge is -2.31. The Morgan fingerprint density at radius 1 is 0.741 bits per heavy atom. The first-order chi connectivity index (χ1) is 12.7. The summed E-state index contributed by atoms with van der Waals surface area (Å²) in [5.74, 6) is -0.901. The fourth-order valence-corrected chi connectivity index (χ4v) is 1.76. The maximum Gasteiger partial charge on any atom is 0.302 e. The predicted molar refractivity (Wildman–Crippen MR) is 92.0 cm³/mol. The van der Waals surface area contributed by atoms with Crippen LogP contribution in [-0.4, -0.2) is 51.6 Å². The third-order valence-electron chi connectivity index (χ3n) is 3.18. The molecule has 9 heteroatoms. The minimum absolute atomic E-state index is 0.0136. The molecule has 9 nitrogen and oxygen atoms in total. The van der Waals surface area contributed by atoms with Crippen LogP contribution in [0.1, 0.15) is 27.7 Å². The second-order valence-electron chi connectivity index (χ2n) is 6.60. The molecule has 0 saturated carbocycles. The average Bonchev–Trinajstić information content (AvgIpc) is 2.59. The number of carbonyl (C=O) groups is 2. The van der Waals surface area contributed by atoms with Gasteiger partial charge in [-0.3, -0.25) is 19.4 Å². The molecule has 0 saturated heterocycles. The summed E-state index contributed by atoms with van der Waals surface area (Å²) in [5, 5.41) is 0. The van der Waals surface area contributed by atoms with Crippen molar-refractivity contribution < 1.29 is 43.3 Å². The highest BCUT2D eigenvalue weighted by Crippen LogP contribution is 2.23. The summed E-state index contributed by atoms with van der Waals surface area (Å²) in [6.07, 6.45) is 13.7. The largest absolute Gasteiger partial charge is 0.465 e. The SMILES string of the molecule is C#COOCC(C)(COCC(C)(COC(C)=O)COC(C)=O)COOC#C. The van der Waals surface area contributed by atoms with Crippen LogP contribution >= 0.6 is 0 Å². The number of ether oxygens (including phenoxy) is 3. The van der Waals surface area contributed by atoms with Crippen LogP contribution in [0.2, 0.25) is 0 Å². The first-order valence-electron chi connectivity index (χ1n) is 7.99. The Hall–Kier alpha value is -2.46. The normalized spacial score (nSPS) is 11.0. The highest BCUT2D eigenvalue weighted by Gasteiger charge is 2.32. The minimum Gasteiger partial charge on any atom is -0.465 e. The molecule has 0 heterocycles. The molecule has 0 aliphatic heterocycles. The number of carbonyl (C=O) groups excluding carboxylic acids is 2. The minimum atomic E-state index is -0.745. The van der Waals surface area contributed by atoms with Crippen LogP contribution in [0.15, 0.2) is 0 Å². The van der Waals surface area contributed by atoms with Gasteiger partial charge in [0.15, 0.2) is 12.2 Å². The van der Waals surface area contributed by atoms with Crippen molar-refractivity contribution in [2.45, 2.75) is 27.7 Å². The summed E-state index contributed by atoms with van der Waals surface area (Å²) in [6.45, 7) is 6.42. The molecule has 0 rings (SSSR count). The molecule has 0 aromatic rings. The van der Waals surface area contributed by atoms with Gasteiger partial charge in [-0.15, -0.1) is 0 Å². The first-order valence-corrected chi connectivity index (χ1v) is 7.99. The molecule has 0 bridgehead atoms. The highest BCUT2D eigenvalue weighted by atomic mass is 17.2. The zero-order chi connectivity index (χ0) is 20.8. The average molecular weight is 386 g/mol. The quantitative estimate of drug-likeness (QED) is 0.143. The van der Waals surface area contributed by atoms with Crippen molar-refractivity contribution in [3.8, 4) is 25.1 Å². The summed E-state index contributed by atoms with van der Waals surface area (Å²) in [5.41, 5.74) is -1.47. The number of hydrogen-bond donors (Lipinski definition) is 0. The Labute approximate surface area is 159 Å². The van der Waals surface area contributed by atoms with Gasteiger partial charge in [0.1, 0.15) is 26.4 Å². The second kappa shape index (κ2) is 12.8. The topological polar surface area (TPSA) is 98.8 Å². The van der Waals surface area contributed by atoms with Gasteiger partial charge in [0.05, 0.1) is 18.6 Å². The molecule has 0 N–H and O–H groups in total. The Bertz CT molecular complexity index is 506. The summed E-state index contributed by atoms with van der Waals surface area (Å²) >= 11 is 0. The van der Waals surface area contributed by atoms with Crippen molar-refractivity contribution in [1.29, 1.82) is 0 Å². The standard InChI is InChI=1S/C18H26O9/c1-7-24-26-13-18(6,14-27-25-8-2)10-21-9-17(5,11-22-15(3)19)12-23-16(4)20/h1-2H,9-14H2,3-6H3. The van der Waals surface area contributed by atoms with E-state index < -0.39 is 22.8 Å². The monoisotopic (exact) mass is 386 g/mol. The smallest absolute Gasteiger partial charge is 0.302 e. The molecule has 0 amide bonds. The molecule has 0 unspecified atom stereocenters. The summed E-state index contributed by atoms with van der Waals surface area (Å²) in [4.78, 5) is 40.8. The molecular weight excluding hydrogens is 360 g/mol. The van der Waals surface area contributed by atoms with Crippen LogP contribution in [0, 0.1) is 35.9 Å². The number of esters is 2. The van der Waals surface area contributed by atoms with Crippen molar-refractivity contribution in [2.24, 2.45) is 10.8 Å². The summed E-state index contributed by atoms with van der Waals surface area (Å²) < 4.78 is 15.8. The van der Waals surface area contributed by atoms with E-state index in [4.69, 9.17) is 36.8 Å². The van der Waals surface area contributed by atoms with Crippen molar-refractivity contribution in [1.82, 2.24) is 0 Å². The van der Waals surface area contributed by atoms with Crippen LogP contribution in [0.3, 0.4) is 0 Å². The van der Waals surface area contributed by atoms with Crippen LogP contribution in [0.5, 0.6) is 0 Å². The van der Waals surface area contributed by atoms with Crippen molar-refractivity contribution >= 4 is 11.9 Å². The van der Waals surface area contributed by atoms with E-state index in [9.17, 15) is 9.59 Å². The molecule has 0 aliphatic rings. The molecule has 0 aliphatic carbocycles. The first kappa shape index (κ1) is 24.5. The third kappa shape index (κ3) is 12.5. The molecule has 0 radical (unpaired) electrons. The second-order valence-corrected chi connectivity index (χ2v) is 6.60. The third-order valence-corrected chi connectivity index (χ3v) is 3.18. The van der Waals surface area contributed by atoms with Gasteiger partial charge in [-0.25, -0.2) is 0 Å². The molecule has 0 spiro atoms. The van der Waals surface area contributed by atoms with Crippen molar-refractivity contribution in [2.75, 3.05) is 39.6 Å². The molecule has 0 aromatic heterocycles. The van der Waals surface area contributed by atoms with Crippen LogP contribution in [-0.2, 0) is 43.3 Å². The molecule has 0 aromatic carbocycles. The van der Waals surface area contributed by atoms with Gasteiger partial charge in [-0.2, -0.15) is 9.78 Å². The van der Waals surface area contributed by atoms with Gasteiger partial charge in [0.25, 0.3) is 0 Å². The molecule has 0 atom stereocenters. The lowest BCUT2D eigenvalue weighted by molar-refractivity contribution is -0.297. The zero-order valence-electron chi connectivity index (χ0n) is 16.1. The molecule has 27 heavy (non-hydrogen) atoms. The van der Waals surface area contributed by atoms with Crippen LogP contribution < -0.4 is 0 Å². The number of terminal acetylenes is 2. The molecule has 152 valence electrons. The van der Waals surface area contributed by atoms with E-state index in [1.165, 1.54) is 13.8 Å². The molecule has 0 fully saturated rings. The Morgan fingerprint density at radius 2 is 1.11 bits per heavy atom. The zero-order valence-corrected chi connectivity index (χ0v) is 16.1. The van der Waals surface area contributed by atoms with Crippen molar-refractivity contribution in [3.63, 3.8) is 0 Å². The van der Waals surface area contributed by atoms with Gasteiger partial charge in [0.2, 0.25) is 0 Å². The van der Waals surface area contributed by atoms with Gasteiger partial charge in [-0.1, -0.05) is 26.7 Å². The van der Waals surface area contributed by atoms with Crippen LogP contribution in [0.25, 0.3) is 0 Å². The van der Waals surface area contributed by atoms with E-state index in [2.05, 4.69) is 9.78 Å². The lowest BCUT2D eigenvalue weighted by Crippen LogP contribution is -2.39. The predicted octanol–water partition coefficient (Wildman–Crippen LogP) is 1.22.